The molecule has 0 heterocycles. The molecular weight excluding hydrogens is 156 g/mol. The molecule has 1 saturated carbocycles. The molecule has 0 spiro atoms. The van der Waals surface area contributed by atoms with Gasteiger partial charge in [0.1, 0.15) is 0 Å². The molecule has 0 bridgehead atoms. The predicted molar refractivity (Wildman–Crippen MR) is 61.0 cm³/mol. The Labute approximate surface area is 83.0 Å². The van der Waals surface area contributed by atoms with Gasteiger partial charge in [0.2, 0.25) is 0 Å². The molecule has 2 rings (SSSR count). The van der Waals surface area contributed by atoms with Gasteiger partial charge in [-0.1, -0.05) is 58.5 Å². The molecule has 13 heavy (non-hydrogen) atoms. The van der Waals surface area contributed by atoms with Crippen molar-refractivity contribution in [2.24, 2.45) is 5.92 Å². The Kier molecular flexibility index (Phi) is 5.45. The van der Waals surface area contributed by atoms with Crippen LogP contribution in [0.3, 0.4) is 0 Å². The van der Waals surface area contributed by atoms with E-state index in [1.165, 1.54) is 12.0 Å². The van der Waals surface area contributed by atoms with E-state index < -0.39 is 0 Å². The molecule has 74 valence electrons. The maximum absolute atomic E-state index is 2.32. The lowest BCUT2D eigenvalue weighted by atomic mass is 10.1. The molecule has 0 nitrogen and oxygen atoms in total. The highest BCUT2D eigenvalue weighted by molar-refractivity contribution is 5.24. The number of hydrogen-bond acceptors (Lipinski definition) is 0. The molecule has 1 aliphatic carbocycles. The van der Waals surface area contributed by atoms with Gasteiger partial charge >= 0.3 is 0 Å². The Bertz CT molecular complexity index is 213. The van der Waals surface area contributed by atoms with Crippen molar-refractivity contribution in [3.63, 3.8) is 0 Å². The van der Waals surface area contributed by atoms with Gasteiger partial charge in [-0.25, -0.2) is 0 Å². The summed E-state index contributed by atoms with van der Waals surface area (Å²) in [4.78, 5) is 0. The van der Waals surface area contributed by atoms with Gasteiger partial charge in [0.25, 0.3) is 0 Å². The van der Waals surface area contributed by atoms with Crippen LogP contribution < -0.4 is 0 Å². The average molecular weight is 178 g/mol. The van der Waals surface area contributed by atoms with Gasteiger partial charge in [0.15, 0.2) is 0 Å². The fourth-order valence-electron chi connectivity index (χ4n) is 1.49. The number of hydrogen-bond donors (Lipinski definition) is 0. The quantitative estimate of drug-likeness (QED) is 0.595. The maximum atomic E-state index is 2.32. The van der Waals surface area contributed by atoms with E-state index in [1.54, 1.807) is 0 Å². The fraction of sp³-hybridized carbons (Fsp3) is 0.538. The van der Waals surface area contributed by atoms with Gasteiger partial charge in [-0.05, 0) is 23.8 Å². The van der Waals surface area contributed by atoms with E-state index in [1.807, 2.05) is 13.8 Å². The standard InChI is InChI=1S/C10H12.C2H6.CH4/c1-8-7-10(8)9-5-3-2-4-6-9;1-2;/h2-6,8,10H,7H2,1H3;1-2H3;1H4. The lowest BCUT2D eigenvalue weighted by Gasteiger charge is -1.94. The largest absolute Gasteiger partial charge is 0.0776 e. The molecule has 1 aromatic carbocycles. The zero-order chi connectivity index (χ0) is 8.97. The molecule has 0 saturated heterocycles. The summed E-state index contributed by atoms with van der Waals surface area (Å²) in [6.45, 7) is 6.32. The summed E-state index contributed by atoms with van der Waals surface area (Å²) in [6.07, 6.45) is 1.39. The molecule has 0 heteroatoms. The summed E-state index contributed by atoms with van der Waals surface area (Å²) in [5.41, 5.74) is 1.52. The topological polar surface area (TPSA) is 0 Å². The molecule has 0 radical (unpaired) electrons. The SMILES string of the molecule is C.CC.CC1CC1c1ccccc1. The highest BCUT2D eigenvalue weighted by Gasteiger charge is 2.33. The Morgan fingerprint density at radius 1 is 1.08 bits per heavy atom. The van der Waals surface area contributed by atoms with E-state index in [0.717, 1.165) is 11.8 Å². The lowest BCUT2D eigenvalue weighted by Crippen LogP contribution is -1.77. The Morgan fingerprint density at radius 2 is 1.54 bits per heavy atom. The second-order valence-electron chi connectivity index (χ2n) is 3.23. The average Bonchev–Trinajstić information content (AvgIpc) is 2.88. The van der Waals surface area contributed by atoms with Crippen LogP contribution in [0, 0.1) is 5.92 Å². The second-order valence-corrected chi connectivity index (χ2v) is 3.23. The van der Waals surface area contributed by atoms with Crippen LogP contribution in [0.25, 0.3) is 0 Å². The van der Waals surface area contributed by atoms with Crippen molar-refractivity contribution in [3.8, 4) is 0 Å². The minimum atomic E-state index is 0. The van der Waals surface area contributed by atoms with Crippen molar-refractivity contribution in [1.82, 2.24) is 0 Å². The van der Waals surface area contributed by atoms with Crippen LogP contribution in [-0.2, 0) is 0 Å². The van der Waals surface area contributed by atoms with Crippen molar-refractivity contribution < 1.29 is 0 Å². The van der Waals surface area contributed by atoms with Gasteiger partial charge in [0, 0.05) is 0 Å². The number of rotatable bonds is 1. The van der Waals surface area contributed by atoms with Crippen molar-refractivity contribution >= 4 is 0 Å². The van der Waals surface area contributed by atoms with Crippen molar-refractivity contribution in [2.45, 2.75) is 40.5 Å². The second kappa shape index (κ2) is 5.80. The third-order valence-electron chi connectivity index (χ3n) is 2.34. The Balaban J connectivity index is 0.000000451. The molecule has 0 N–H and O–H groups in total. The fourth-order valence-corrected chi connectivity index (χ4v) is 1.49. The molecule has 0 aromatic heterocycles. The van der Waals surface area contributed by atoms with Gasteiger partial charge in [-0.3, -0.25) is 0 Å². The molecule has 0 aliphatic heterocycles. The van der Waals surface area contributed by atoms with Gasteiger partial charge in [-0.2, -0.15) is 0 Å². The molecule has 0 amide bonds. The summed E-state index contributed by atoms with van der Waals surface area (Å²) in [5.74, 6) is 1.81. The minimum absolute atomic E-state index is 0. The smallest absolute Gasteiger partial charge is 0.0133 e. The van der Waals surface area contributed by atoms with Crippen molar-refractivity contribution in [3.05, 3.63) is 35.9 Å². The summed E-state index contributed by atoms with van der Waals surface area (Å²) in [6, 6.07) is 10.8. The van der Waals surface area contributed by atoms with E-state index in [4.69, 9.17) is 0 Å². The Hall–Kier alpha value is -0.780. The normalized spacial score (nSPS) is 23.6. The lowest BCUT2D eigenvalue weighted by molar-refractivity contribution is 0.915. The predicted octanol–water partition coefficient (Wildman–Crippen LogP) is 4.47. The zero-order valence-electron chi connectivity index (χ0n) is 8.25. The zero-order valence-corrected chi connectivity index (χ0v) is 8.25. The van der Waals surface area contributed by atoms with Crippen LogP contribution in [0.5, 0.6) is 0 Å². The van der Waals surface area contributed by atoms with Crippen molar-refractivity contribution in [1.29, 1.82) is 0 Å². The number of benzene rings is 1. The van der Waals surface area contributed by atoms with Crippen LogP contribution >= 0.6 is 0 Å². The Morgan fingerprint density at radius 3 is 1.92 bits per heavy atom. The molecule has 2 unspecified atom stereocenters. The van der Waals surface area contributed by atoms with E-state index >= 15 is 0 Å². The van der Waals surface area contributed by atoms with Crippen LogP contribution in [-0.4, -0.2) is 0 Å². The van der Waals surface area contributed by atoms with Crippen LogP contribution in [0.15, 0.2) is 30.3 Å². The molecule has 1 fully saturated rings. The first kappa shape index (κ1) is 12.2. The van der Waals surface area contributed by atoms with E-state index in [0.29, 0.717) is 0 Å². The first-order valence-corrected chi connectivity index (χ1v) is 4.93. The van der Waals surface area contributed by atoms with Crippen LogP contribution in [0.1, 0.15) is 46.1 Å². The third-order valence-corrected chi connectivity index (χ3v) is 2.34. The highest BCUT2D eigenvalue weighted by Crippen LogP contribution is 2.46. The maximum Gasteiger partial charge on any atom is -0.0133 e. The van der Waals surface area contributed by atoms with Crippen LogP contribution in [0.2, 0.25) is 0 Å². The van der Waals surface area contributed by atoms with Gasteiger partial charge in [-0.15, -0.1) is 0 Å². The highest BCUT2D eigenvalue weighted by atomic mass is 14.4. The monoisotopic (exact) mass is 178 g/mol. The molecular formula is C13H22. The molecule has 1 aliphatic rings. The van der Waals surface area contributed by atoms with Gasteiger partial charge < -0.3 is 0 Å². The summed E-state index contributed by atoms with van der Waals surface area (Å²) in [5, 5.41) is 0. The third kappa shape index (κ3) is 3.22. The first-order valence-electron chi connectivity index (χ1n) is 4.93. The first-order chi connectivity index (χ1) is 5.88. The van der Waals surface area contributed by atoms with Gasteiger partial charge in [0.05, 0.1) is 0 Å². The summed E-state index contributed by atoms with van der Waals surface area (Å²) < 4.78 is 0. The molecule has 2 atom stereocenters. The summed E-state index contributed by atoms with van der Waals surface area (Å²) in [7, 11) is 0. The minimum Gasteiger partial charge on any atom is -0.0776 e. The van der Waals surface area contributed by atoms with E-state index in [9.17, 15) is 0 Å². The summed E-state index contributed by atoms with van der Waals surface area (Å²) >= 11 is 0. The van der Waals surface area contributed by atoms with Crippen molar-refractivity contribution in [2.75, 3.05) is 0 Å². The van der Waals surface area contributed by atoms with Crippen LogP contribution in [0.4, 0.5) is 0 Å². The molecule has 1 aromatic rings. The van der Waals surface area contributed by atoms with E-state index in [-0.39, 0.29) is 7.43 Å². The van der Waals surface area contributed by atoms with E-state index in [2.05, 4.69) is 37.3 Å².